The van der Waals surface area contributed by atoms with Gasteiger partial charge in [0.2, 0.25) is 0 Å². The number of carbonyl (C=O) groups excluding carboxylic acids is 1. The van der Waals surface area contributed by atoms with E-state index in [1.165, 1.54) is 12.1 Å². The summed E-state index contributed by atoms with van der Waals surface area (Å²) in [7, 11) is 1.73. The molecule has 0 radical (unpaired) electrons. The number of aromatic nitrogens is 1. The second-order valence-electron chi connectivity index (χ2n) is 7.82. The average molecular weight is 406 g/mol. The van der Waals surface area contributed by atoms with Gasteiger partial charge >= 0.3 is 6.18 Å². The van der Waals surface area contributed by atoms with Gasteiger partial charge in [-0.25, -0.2) is 0 Å². The van der Waals surface area contributed by atoms with Gasteiger partial charge in [0.25, 0.3) is 5.91 Å². The number of alkyl halides is 3. The second-order valence-corrected chi connectivity index (χ2v) is 7.82. The lowest BCUT2D eigenvalue weighted by molar-refractivity contribution is -0.258. The minimum Gasteiger partial charge on any atom is -0.376 e. The number of rotatable bonds is 4. The zero-order chi connectivity index (χ0) is 21.2. The highest BCUT2D eigenvalue weighted by Crippen LogP contribution is 2.38. The van der Waals surface area contributed by atoms with Crippen LogP contribution in [0.1, 0.15) is 60.1 Å². The van der Waals surface area contributed by atoms with Crippen molar-refractivity contribution in [2.75, 3.05) is 7.05 Å². The number of hydrogen-bond acceptors (Lipinski definition) is 3. The molecule has 0 unspecified atom stereocenters. The summed E-state index contributed by atoms with van der Waals surface area (Å²) in [6, 6.07) is 11.0. The zero-order valence-electron chi connectivity index (χ0n) is 16.5. The summed E-state index contributed by atoms with van der Waals surface area (Å²) >= 11 is 0. The van der Waals surface area contributed by atoms with E-state index in [9.17, 15) is 23.1 Å². The largest absolute Gasteiger partial charge is 0.421 e. The SMILES string of the molecule is CN(C(=O)c1ccc([C@](C)(O)C(F)(F)F)cc1)[C@H]1CC[C@@H](c2ccccn2)CC1. The van der Waals surface area contributed by atoms with Crippen LogP contribution in [-0.2, 0) is 5.60 Å². The summed E-state index contributed by atoms with van der Waals surface area (Å²) in [6.07, 6.45) is 0.576. The van der Waals surface area contributed by atoms with Crippen LogP contribution in [-0.4, -0.2) is 40.2 Å². The third-order valence-electron chi connectivity index (χ3n) is 5.92. The van der Waals surface area contributed by atoms with Crippen molar-refractivity contribution in [2.24, 2.45) is 0 Å². The Labute approximate surface area is 168 Å². The summed E-state index contributed by atoms with van der Waals surface area (Å²) < 4.78 is 38.9. The number of amides is 1. The number of halogens is 3. The Balaban J connectivity index is 1.63. The van der Waals surface area contributed by atoms with E-state index in [1.807, 2.05) is 18.2 Å². The van der Waals surface area contributed by atoms with Crippen molar-refractivity contribution in [3.05, 3.63) is 65.5 Å². The molecule has 0 aliphatic heterocycles. The van der Waals surface area contributed by atoms with Gasteiger partial charge < -0.3 is 10.0 Å². The van der Waals surface area contributed by atoms with Crippen LogP contribution in [0.15, 0.2) is 48.7 Å². The van der Waals surface area contributed by atoms with Gasteiger partial charge in [0.1, 0.15) is 0 Å². The molecule has 1 amide bonds. The minimum absolute atomic E-state index is 0.0837. The lowest BCUT2D eigenvalue weighted by atomic mass is 9.83. The molecule has 1 fully saturated rings. The van der Waals surface area contributed by atoms with Crippen molar-refractivity contribution in [2.45, 2.75) is 56.3 Å². The molecule has 1 aromatic carbocycles. The Morgan fingerprint density at radius 3 is 2.21 bits per heavy atom. The predicted molar refractivity (Wildman–Crippen MR) is 103 cm³/mol. The molecule has 3 rings (SSSR count). The van der Waals surface area contributed by atoms with Gasteiger partial charge in [0.15, 0.2) is 5.60 Å². The first-order valence-electron chi connectivity index (χ1n) is 9.69. The molecule has 1 atom stereocenters. The van der Waals surface area contributed by atoms with Gasteiger partial charge in [-0.05, 0) is 62.4 Å². The highest BCUT2D eigenvalue weighted by Gasteiger charge is 2.51. The summed E-state index contributed by atoms with van der Waals surface area (Å²) in [5, 5.41) is 9.76. The molecule has 29 heavy (non-hydrogen) atoms. The van der Waals surface area contributed by atoms with Crippen LogP contribution in [0.3, 0.4) is 0 Å². The first-order chi connectivity index (χ1) is 13.6. The molecule has 156 valence electrons. The van der Waals surface area contributed by atoms with Gasteiger partial charge in [0.05, 0.1) is 0 Å². The van der Waals surface area contributed by atoms with Gasteiger partial charge in [-0.1, -0.05) is 18.2 Å². The van der Waals surface area contributed by atoms with Gasteiger partial charge in [-0.15, -0.1) is 0 Å². The first-order valence-corrected chi connectivity index (χ1v) is 9.69. The topological polar surface area (TPSA) is 53.4 Å². The average Bonchev–Trinajstić information content (AvgIpc) is 2.73. The predicted octanol–water partition coefficient (Wildman–Crippen LogP) is 4.65. The highest BCUT2D eigenvalue weighted by molar-refractivity contribution is 5.94. The molecule has 7 heteroatoms. The van der Waals surface area contributed by atoms with Crippen LogP contribution in [0.4, 0.5) is 13.2 Å². The molecule has 0 bridgehead atoms. The van der Waals surface area contributed by atoms with Crippen molar-refractivity contribution >= 4 is 5.91 Å². The number of hydrogen-bond donors (Lipinski definition) is 1. The fraction of sp³-hybridized carbons (Fsp3) is 0.455. The number of nitrogens with zero attached hydrogens (tertiary/aromatic N) is 2. The lowest BCUT2D eigenvalue weighted by Crippen LogP contribution is -2.40. The fourth-order valence-corrected chi connectivity index (χ4v) is 3.85. The molecular weight excluding hydrogens is 381 g/mol. The molecule has 1 aromatic heterocycles. The number of aliphatic hydroxyl groups is 1. The van der Waals surface area contributed by atoms with Crippen molar-refractivity contribution in [3.8, 4) is 0 Å². The van der Waals surface area contributed by atoms with Crippen LogP contribution >= 0.6 is 0 Å². The van der Waals surface area contributed by atoms with Crippen molar-refractivity contribution in [3.63, 3.8) is 0 Å². The van der Waals surface area contributed by atoms with Gasteiger partial charge in [-0.3, -0.25) is 9.78 Å². The van der Waals surface area contributed by atoms with Crippen molar-refractivity contribution in [1.29, 1.82) is 0 Å². The van der Waals surface area contributed by atoms with Crippen LogP contribution in [0.2, 0.25) is 0 Å². The van der Waals surface area contributed by atoms with E-state index in [-0.39, 0.29) is 17.5 Å². The van der Waals surface area contributed by atoms with E-state index in [1.54, 1.807) is 18.1 Å². The molecule has 0 spiro atoms. The smallest absolute Gasteiger partial charge is 0.376 e. The molecule has 0 saturated heterocycles. The maximum absolute atomic E-state index is 13.0. The van der Waals surface area contributed by atoms with Gasteiger partial charge in [0, 0.05) is 36.5 Å². The molecule has 1 N–H and O–H groups in total. The monoisotopic (exact) mass is 406 g/mol. The Morgan fingerprint density at radius 2 is 1.69 bits per heavy atom. The summed E-state index contributed by atoms with van der Waals surface area (Å²) in [5.41, 5.74) is -1.86. The number of benzene rings is 1. The summed E-state index contributed by atoms with van der Waals surface area (Å²) in [5.74, 6) is 0.157. The number of pyridine rings is 1. The summed E-state index contributed by atoms with van der Waals surface area (Å²) in [4.78, 5) is 18.9. The zero-order valence-corrected chi connectivity index (χ0v) is 16.5. The molecule has 1 aliphatic carbocycles. The van der Waals surface area contributed by atoms with E-state index in [4.69, 9.17) is 0 Å². The maximum atomic E-state index is 13.0. The highest BCUT2D eigenvalue weighted by atomic mass is 19.4. The molecular formula is C22H25F3N2O2. The maximum Gasteiger partial charge on any atom is 0.421 e. The van der Waals surface area contributed by atoms with Crippen LogP contribution in [0.25, 0.3) is 0 Å². The Morgan fingerprint density at radius 1 is 1.07 bits per heavy atom. The number of carbonyl (C=O) groups is 1. The third kappa shape index (κ3) is 4.45. The second kappa shape index (κ2) is 8.14. The van der Waals surface area contributed by atoms with E-state index in [2.05, 4.69) is 4.98 Å². The molecule has 4 nitrogen and oxygen atoms in total. The lowest BCUT2D eigenvalue weighted by Gasteiger charge is -2.34. The van der Waals surface area contributed by atoms with E-state index in [0.29, 0.717) is 18.4 Å². The Hall–Kier alpha value is -2.41. The van der Waals surface area contributed by atoms with Crippen molar-refractivity contribution < 1.29 is 23.1 Å². The van der Waals surface area contributed by atoms with Crippen molar-refractivity contribution in [1.82, 2.24) is 9.88 Å². The molecule has 1 aliphatic rings. The van der Waals surface area contributed by atoms with E-state index in [0.717, 1.165) is 43.5 Å². The van der Waals surface area contributed by atoms with Crippen LogP contribution < -0.4 is 0 Å². The Kier molecular flexibility index (Phi) is 5.98. The fourth-order valence-electron chi connectivity index (χ4n) is 3.85. The first kappa shape index (κ1) is 21.3. The molecule has 1 saturated carbocycles. The molecule has 2 aromatic rings. The van der Waals surface area contributed by atoms with Crippen LogP contribution in [0.5, 0.6) is 0 Å². The molecule has 1 heterocycles. The Bertz CT molecular complexity index is 827. The standard InChI is InChI=1S/C22H25F3N2O2/c1-21(29,22(23,24)25)17-10-6-16(7-11-17)20(28)27(2)18-12-8-15(9-13-18)19-5-3-4-14-26-19/h3-7,10-11,14-15,18,29H,8-9,12-13H2,1-2H3/t15-,18+,21-/m0/s1. The van der Waals surface area contributed by atoms with Gasteiger partial charge in [-0.2, -0.15) is 13.2 Å². The van der Waals surface area contributed by atoms with E-state index >= 15 is 0 Å². The third-order valence-corrected chi connectivity index (χ3v) is 5.92. The van der Waals surface area contributed by atoms with Crippen LogP contribution in [0, 0.1) is 0 Å². The normalized spacial score (nSPS) is 22.0. The quantitative estimate of drug-likeness (QED) is 0.804. The summed E-state index contributed by atoms with van der Waals surface area (Å²) in [6.45, 7) is 0.704. The van der Waals surface area contributed by atoms with E-state index < -0.39 is 11.8 Å². The minimum atomic E-state index is -4.79.